The number of fused-ring (bicyclic) bond motifs is 4. The molecule has 3 aliphatic rings. The lowest BCUT2D eigenvalue weighted by molar-refractivity contribution is 0.0581. The molecule has 2 aromatic carbocycles. The van der Waals surface area contributed by atoms with Crippen LogP contribution in [0.15, 0.2) is 48.5 Å². The monoisotopic (exact) mass is 366 g/mol. The van der Waals surface area contributed by atoms with E-state index in [1.165, 1.54) is 12.7 Å². The summed E-state index contributed by atoms with van der Waals surface area (Å²) >= 11 is 0. The molecule has 5 nitrogen and oxygen atoms in total. The zero-order valence-corrected chi connectivity index (χ0v) is 15.7. The molecule has 2 bridgehead atoms. The summed E-state index contributed by atoms with van der Waals surface area (Å²) in [5, 5.41) is 10.4. The first-order chi connectivity index (χ1) is 13.2. The minimum atomic E-state index is -0.0948. The van der Waals surface area contributed by atoms with Gasteiger partial charge in [-0.25, -0.2) is 0 Å². The molecule has 5 rings (SSSR count). The predicted molar refractivity (Wildman–Crippen MR) is 104 cm³/mol. The summed E-state index contributed by atoms with van der Waals surface area (Å²) in [6.07, 6.45) is 2.18. The first-order valence-electron chi connectivity index (χ1n) is 9.59. The topological polar surface area (TPSA) is 53.0 Å². The van der Waals surface area contributed by atoms with Crippen LogP contribution in [0.2, 0.25) is 0 Å². The van der Waals surface area contributed by atoms with Gasteiger partial charge in [0.05, 0.1) is 12.7 Å². The molecule has 1 N–H and O–H groups in total. The van der Waals surface area contributed by atoms with Crippen molar-refractivity contribution < 1.29 is 14.6 Å². The molecule has 5 heteroatoms. The Morgan fingerprint density at radius 1 is 1.07 bits per heavy atom. The number of piperidine rings is 1. The highest BCUT2D eigenvalue weighted by molar-refractivity contribution is 5.98. The summed E-state index contributed by atoms with van der Waals surface area (Å²) in [6.45, 7) is 3.56. The fourth-order valence-corrected chi connectivity index (χ4v) is 4.41. The number of methoxy groups -OCH3 is 1. The standard InChI is InChI=1S/C22H26N2O3/c1-27-20-9-5-8-19(21(20)25)22(26)24-14-17-10-11-18(24)15-23(13-17)12-16-6-3-2-4-7-16/h2-9,17-18,25H,10-15H2,1H3/t17-,18+/m0/s1. The van der Waals surface area contributed by atoms with Crippen LogP contribution in [-0.4, -0.2) is 53.6 Å². The van der Waals surface area contributed by atoms with Crippen LogP contribution in [0, 0.1) is 5.92 Å². The van der Waals surface area contributed by atoms with Gasteiger partial charge in [-0.05, 0) is 36.5 Å². The molecule has 27 heavy (non-hydrogen) atoms. The number of aromatic hydroxyl groups is 1. The Kier molecular flexibility index (Phi) is 5.03. The van der Waals surface area contributed by atoms with Crippen molar-refractivity contribution in [2.45, 2.75) is 25.4 Å². The molecule has 3 aliphatic heterocycles. The van der Waals surface area contributed by atoms with E-state index in [4.69, 9.17) is 4.74 Å². The highest BCUT2D eigenvalue weighted by atomic mass is 16.5. The number of phenolic OH excluding ortho intramolecular Hbond substituents is 1. The number of amides is 1. The van der Waals surface area contributed by atoms with Crippen molar-refractivity contribution in [3.05, 3.63) is 59.7 Å². The fourth-order valence-electron chi connectivity index (χ4n) is 4.41. The van der Waals surface area contributed by atoms with Crippen molar-refractivity contribution in [2.75, 3.05) is 26.7 Å². The average molecular weight is 366 g/mol. The lowest BCUT2D eigenvalue weighted by Crippen LogP contribution is -2.47. The summed E-state index contributed by atoms with van der Waals surface area (Å²) in [4.78, 5) is 17.6. The van der Waals surface area contributed by atoms with Crippen LogP contribution in [0.5, 0.6) is 11.5 Å². The van der Waals surface area contributed by atoms with E-state index in [0.717, 1.165) is 39.0 Å². The van der Waals surface area contributed by atoms with Crippen LogP contribution >= 0.6 is 0 Å². The highest BCUT2D eigenvalue weighted by Gasteiger charge is 2.38. The van der Waals surface area contributed by atoms with Gasteiger partial charge >= 0.3 is 0 Å². The lowest BCUT2D eigenvalue weighted by Gasteiger charge is -2.36. The Morgan fingerprint density at radius 2 is 1.89 bits per heavy atom. The Bertz CT molecular complexity index is 808. The SMILES string of the molecule is COc1cccc(C(=O)N2C[C@H]3CC[C@@H]2CN(Cc2ccccc2)C3)c1O. The Morgan fingerprint density at radius 3 is 2.67 bits per heavy atom. The summed E-state index contributed by atoms with van der Waals surface area (Å²) < 4.78 is 5.16. The molecule has 0 unspecified atom stereocenters. The number of nitrogens with zero attached hydrogens (tertiary/aromatic N) is 2. The van der Waals surface area contributed by atoms with Gasteiger partial charge in [-0.1, -0.05) is 36.4 Å². The van der Waals surface area contributed by atoms with Gasteiger partial charge in [-0.15, -0.1) is 0 Å². The van der Waals surface area contributed by atoms with E-state index >= 15 is 0 Å². The Hall–Kier alpha value is -2.53. The Labute approximate surface area is 160 Å². The lowest BCUT2D eigenvalue weighted by atomic mass is 9.94. The van der Waals surface area contributed by atoms with E-state index in [1.54, 1.807) is 18.2 Å². The van der Waals surface area contributed by atoms with Gasteiger partial charge in [0.1, 0.15) is 0 Å². The molecule has 0 aromatic heterocycles. The van der Waals surface area contributed by atoms with Crippen molar-refractivity contribution in [1.82, 2.24) is 9.80 Å². The third-order valence-electron chi connectivity index (χ3n) is 5.75. The number of hydrogen-bond acceptors (Lipinski definition) is 4. The van der Waals surface area contributed by atoms with Crippen LogP contribution in [0.4, 0.5) is 0 Å². The van der Waals surface area contributed by atoms with Gasteiger partial charge in [0.25, 0.3) is 5.91 Å². The molecule has 0 spiro atoms. The van der Waals surface area contributed by atoms with Crippen molar-refractivity contribution >= 4 is 5.91 Å². The quantitative estimate of drug-likeness (QED) is 0.903. The molecular weight excluding hydrogens is 340 g/mol. The van der Waals surface area contributed by atoms with E-state index in [-0.39, 0.29) is 17.7 Å². The van der Waals surface area contributed by atoms with E-state index in [2.05, 4.69) is 29.2 Å². The first kappa shape index (κ1) is 17.9. The number of carbonyl (C=O) groups is 1. The van der Waals surface area contributed by atoms with Gasteiger partial charge < -0.3 is 14.7 Å². The van der Waals surface area contributed by atoms with E-state index in [1.807, 2.05) is 11.0 Å². The van der Waals surface area contributed by atoms with E-state index in [9.17, 15) is 9.90 Å². The summed E-state index contributed by atoms with van der Waals surface area (Å²) in [6, 6.07) is 15.8. The number of phenols is 1. The number of ether oxygens (including phenoxy) is 1. The fraction of sp³-hybridized carbons (Fsp3) is 0.409. The van der Waals surface area contributed by atoms with Gasteiger partial charge in [-0.3, -0.25) is 9.69 Å². The van der Waals surface area contributed by atoms with Gasteiger partial charge in [-0.2, -0.15) is 0 Å². The summed E-state index contributed by atoms with van der Waals surface area (Å²) in [5.74, 6) is 0.657. The second-order valence-electron chi connectivity index (χ2n) is 7.59. The first-order valence-corrected chi connectivity index (χ1v) is 9.59. The van der Waals surface area contributed by atoms with Crippen LogP contribution < -0.4 is 4.74 Å². The number of para-hydroxylation sites is 1. The molecule has 3 fully saturated rings. The molecule has 3 heterocycles. The minimum absolute atomic E-state index is 0.0636. The molecule has 0 radical (unpaired) electrons. The van der Waals surface area contributed by atoms with Crippen LogP contribution in [0.3, 0.4) is 0 Å². The van der Waals surface area contributed by atoms with E-state index in [0.29, 0.717) is 17.2 Å². The van der Waals surface area contributed by atoms with Crippen molar-refractivity contribution in [3.8, 4) is 11.5 Å². The van der Waals surface area contributed by atoms with Crippen molar-refractivity contribution in [3.63, 3.8) is 0 Å². The number of carbonyl (C=O) groups excluding carboxylic acids is 1. The second kappa shape index (κ2) is 7.61. The van der Waals surface area contributed by atoms with Crippen molar-refractivity contribution in [2.24, 2.45) is 5.92 Å². The minimum Gasteiger partial charge on any atom is -0.504 e. The molecule has 2 atom stereocenters. The average Bonchev–Trinajstić information content (AvgIpc) is 2.99. The normalized spacial score (nSPS) is 22.5. The maximum absolute atomic E-state index is 13.2. The number of benzene rings is 2. The van der Waals surface area contributed by atoms with E-state index < -0.39 is 0 Å². The maximum atomic E-state index is 13.2. The van der Waals surface area contributed by atoms with Crippen LogP contribution in [0.1, 0.15) is 28.8 Å². The molecule has 0 aliphatic carbocycles. The summed E-state index contributed by atoms with van der Waals surface area (Å²) in [7, 11) is 1.50. The van der Waals surface area contributed by atoms with Gasteiger partial charge in [0, 0.05) is 32.2 Å². The number of hydrogen-bond donors (Lipinski definition) is 1. The molecule has 0 saturated carbocycles. The molecule has 1 amide bonds. The third-order valence-corrected chi connectivity index (χ3v) is 5.75. The Balaban J connectivity index is 1.53. The largest absolute Gasteiger partial charge is 0.504 e. The second-order valence-corrected chi connectivity index (χ2v) is 7.59. The molecule has 142 valence electrons. The number of rotatable bonds is 4. The molecule has 2 aromatic rings. The molecular formula is C22H26N2O3. The molecule has 3 saturated heterocycles. The summed E-state index contributed by atoms with van der Waals surface area (Å²) in [5.41, 5.74) is 1.64. The third kappa shape index (κ3) is 3.65. The zero-order chi connectivity index (χ0) is 18.8. The van der Waals surface area contributed by atoms with Gasteiger partial charge in [0.2, 0.25) is 0 Å². The predicted octanol–water partition coefficient (Wildman–Crippen LogP) is 3.14. The van der Waals surface area contributed by atoms with Crippen LogP contribution in [-0.2, 0) is 6.54 Å². The highest BCUT2D eigenvalue weighted by Crippen LogP contribution is 2.34. The maximum Gasteiger partial charge on any atom is 0.258 e. The van der Waals surface area contributed by atoms with Crippen LogP contribution in [0.25, 0.3) is 0 Å². The van der Waals surface area contributed by atoms with Crippen molar-refractivity contribution in [1.29, 1.82) is 0 Å². The van der Waals surface area contributed by atoms with Gasteiger partial charge in [0.15, 0.2) is 11.5 Å². The smallest absolute Gasteiger partial charge is 0.258 e. The zero-order valence-electron chi connectivity index (χ0n) is 15.7.